The predicted molar refractivity (Wildman–Crippen MR) is 82.9 cm³/mol. The molecule has 1 aromatic heterocycles. The molecule has 0 spiro atoms. The van der Waals surface area contributed by atoms with Crippen LogP contribution < -0.4 is 0 Å². The van der Waals surface area contributed by atoms with Crippen molar-refractivity contribution in [2.24, 2.45) is 5.92 Å². The number of hydrogen-bond donors (Lipinski definition) is 0. The summed E-state index contributed by atoms with van der Waals surface area (Å²) in [6, 6.07) is 8.10. The largest absolute Gasteiger partial charge is 0.324 e. The third-order valence-corrected chi connectivity index (χ3v) is 3.65. The molecule has 0 saturated heterocycles. The molecule has 0 bridgehead atoms. The third-order valence-electron chi connectivity index (χ3n) is 3.45. The van der Waals surface area contributed by atoms with E-state index in [1.165, 1.54) is 0 Å². The number of imidazole rings is 1. The number of halogens is 1. The maximum absolute atomic E-state index is 9.08. The van der Waals surface area contributed by atoms with Crippen molar-refractivity contribution in [1.29, 1.82) is 5.26 Å². The number of nitriles is 1. The Labute approximate surface area is 125 Å². The third kappa shape index (κ3) is 2.81. The van der Waals surface area contributed by atoms with Crippen LogP contribution in [0.15, 0.2) is 18.2 Å². The van der Waals surface area contributed by atoms with Crippen LogP contribution in [0.2, 0.25) is 0 Å². The summed E-state index contributed by atoms with van der Waals surface area (Å²) in [5.74, 6) is 1.48. The molecule has 20 heavy (non-hydrogen) atoms. The lowest BCUT2D eigenvalue weighted by atomic mass is 10.0. The van der Waals surface area contributed by atoms with Gasteiger partial charge < -0.3 is 4.57 Å². The van der Waals surface area contributed by atoms with Crippen LogP contribution in [-0.2, 0) is 0 Å². The summed E-state index contributed by atoms with van der Waals surface area (Å²) in [5, 5.41) is 8.93. The van der Waals surface area contributed by atoms with Crippen LogP contribution in [0, 0.1) is 17.2 Å². The number of hydrogen-bond acceptors (Lipinski definition) is 2. The summed E-state index contributed by atoms with van der Waals surface area (Å²) < 4.78 is 2.19. The molecule has 1 aromatic carbocycles. The Balaban J connectivity index is 2.63. The Morgan fingerprint density at radius 2 is 2.00 bits per heavy atom. The van der Waals surface area contributed by atoms with Gasteiger partial charge in [0.1, 0.15) is 5.82 Å². The van der Waals surface area contributed by atoms with Crippen molar-refractivity contribution in [1.82, 2.24) is 9.55 Å². The van der Waals surface area contributed by atoms with Gasteiger partial charge in [-0.15, -0.1) is 11.6 Å². The number of benzene rings is 1. The lowest BCUT2D eigenvalue weighted by Gasteiger charge is -2.20. The molecule has 106 valence electrons. The van der Waals surface area contributed by atoms with Crippen LogP contribution in [0.25, 0.3) is 11.0 Å². The number of nitrogens with zero attached hydrogens (tertiary/aromatic N) is 3. The minimum absolute atomic E-state index is 0.150. The molecular weight excluding hydrogens is 270 g/mol. The zero-order valence-electron chi connectivity index (χ0n) is 12.4. The van der Waals surface area contributed by atoms with E-state index < -0.39 is 0 Å². The smallest absolute Gasteiger partial charge is 0.127 e. The lowest BCUT2D eigenvalue weighted by Crippen LogP contribution is -2.12. The minimum Gasteiger partial charge on any atom is -0.324 e. The van der Waals surface area contributed by atoms with E-state index in [2.05, 4.69) is 36.4 Å². The van der Waals surface area contributed by atoms with Gasteiger partial charge in [0.15, 0.2) is 0 Å². The topological polar surface area (TPSA) is 41.6 Å². The maximum atomic E-state index is 9.08. The minimum atomic E-state index is -0.150. The van der Waals surface area contributed by atoms with Gasteiger partial charge in [-0.05, 0) is 44.4 Å². The zero-order valence-corrected chi connectivity index (χ0v) is 13.1. The molecule has 2 unspecified atom stereocenters. The first kappa shape index (κ1) is 14.9. The molecule has 1 heterocycles. The van der Waals surface area contributed by atoms with Crippen molar-refractivity contribution >= 4 is 22.6 Å². The van der Waals surface area contributed by atoms with Gasteiger partial charge in [0.25, 0.3) is 0 Å². The van der Waals surface area contributed by atoms with E-state index >= 15 is 0 Å². The highest BCUT2D eigenvalue weighted by Gasteiger charge is 2.20. The Bertz CT molecular complexity index is 650. The molecule has 3 nitrogen and oxygen atoms in total. The summed E-state index contributed by atoms with van der Waals surface area (Å²) in [5.41, 5.74) is 2.56. The van der Waals surface area contributed by atoms with Crippen LogP contribution >= 0.6 is 11.6 Å². The SMILES string of the molecule is CC(C)CC(C)n1c(C(C)Cl)nc2ccc(C#N)cc21. The molecule has 0 fully saturated rings. The molecule has 0 saturated carbocycles. The number of rotatable bonds is 4. The van der Waals surface area contributed by atoms with E-state index in [0.717, 1.165) is 23.3 Å². The standard InChI is InChI=1S/C16H20ClN3/c1-10(2)7-11(3)20-15-8-13(9-18)5-6-14(15)19-16(20)12(4)17/h5-6,8,10-12H,7H2,1-4H3. The number of aromatic nitrogens is 2. The normalized spacial score (nSPS) is 14.4. The summed E-state index contributed by atoms with van der Waals surface area (Å²) in [4.78, 5) is 4.64. The van der Waals surface area contributed by atoms with Crippen LogP contribution in [0.5, 0.6) is 0 Å². The molecule has 2 atom stereocenters. The predicted octanol–water partition coefficient (Wildman–Crippen LogP) is 4.81. The number of alkyl halides is 1. The van der Waals surface area contributed by atoms with Gasteiger partial charge in [0, 0.05) is 6.04 Å². The highest BCUT2D eigenvalue weighted by atomic mass is 35.5. The lowest BCUT2D eigenvalue weighted by molar-refractivity contribution is 0.425. The molecule has 0 N–H and O–H groups in total. The first-order valence-corrected chi connectivity index (χ1v) is 7.43. The fraction of sp³-hybridized carbons (Fsp3) is 0.500. The van der Waals surface area contributed by atoms with E-state index in [1.807, 2.05) is 19.1 Å². The Morgan fingerprint density at radius 3 is 2.55 bits per heavy atom. The van der Waals surface area contributed by atoms with Crippen LogP contribution in [0.1, 0.15) is 56.9 Å². The van der Waals surface area contributed by atoms with Crippen molar-refractivity contribution < 1.29 is 0 Å². The molecule has 0 aliphatic heterocycles. The second-order valence-electron chi connectivity index (χ2n) is 5.75. The summed E-state index contributed by atoms with van der Waals surface area (Å²) in [6.45, 7) is 8.54. The fourth-order valence-corrected chi connectivity index (χ4v) is 2.87. The molecule has 4 heteroatoms. The van der Waals surface area contributed by atoms with Crippen LogP contribution in [0.3, 0.4) is 0 Å². The van der Waals surface area contributed by atoms with Gasteiger partial charge in [-0.1, -0.05) is 13.8 Å². The fourth-order valence-electron chi connectivity index (χ4n) is 2.71. The summed E-state index contributed by atoms with van der Waals surface area (Å²) in [6.07, 6.45) is 1.05. The van der Waals surface area contributed by atoms with E-state index in [-0.39, 0.29) is 5.38 Å². The number of fused-ring (bicyclic) bond motifs is 1. The Hall–Kier alpha value is -1.53. The first-order chi connectivity index (χ1) is 9.43. The second kappa shape index (κ2) is 5.85. The van der Waals surface area contributed by atoms with E-state index in [1.54, 1.807) is 6.07 Å². The van der Waals surface area contributed by atoms with Crippen LogP contribution in [-0.4, -0.2) is 9.55 Å². The molecule has 0 radical (unpaired) electrons. The Kier molecular flexibility index (Phi) is 4.35. The van der Waals surface area contributed by atoms with Crippen molar-refractivity contribution in [2.75, 3.05) is 0 Å². The summed E-state index contributed by atoms with van der Waals surface area (Å²) in [7, 11) is 0. The molecule has 0 aliphatic rings. The highest BCUT2D eigenvalue weighted by Crippen LogP contribution is 2.31. The van der Waals surface area contributed by atoms with E-state index in [0.29, 0.717) is 17.5 Å². The van der Waals surface area contributed by atoms with Crippen LogP contribution in [0.4, 0.5) is 0 Å². The molecule has 2 aromatic rings. The average molecular weight is 290 g/mol. The second-order valence-corrected chi connectivity index (χ2v) is 6.40. The van der Waals surface area contributed by atoms with Gasteiger partial charge in [-0.2, -0.15) is 5.26 Å². The molecule has 0 aliphatic carbocycles. The van der Waals surface area contributed by atoms with Crippen molar-refractivity contribution in [3.8, 4) is 6.07 Å². The van der Waals surface area contributed by atoms with E-state index in [4.69, 9.17) is 16.9 Å². The van der Waals surface area contributed by atoms with Gasteiger partial charge in [0.05, 0.1) is 28.0 Å². The van der Waals surface area contributed by atoms with Gasteiger partial charge in [-0.3, -0.25) is 0 Å². The molecule has 0 amide bonds. The maximum Gasteiger partial charge on any atom is 0.127 e. The van der Waals surface area contributed by atoms with Gasteiger partial charge in [0.2, 0.25) is 0 Å². The Morgan fingerprint density at radius 1 is 1.30 bits per heavy atom. The van der Waals surface area contributed by atoms with Crippen molar-refractivity contribution in [2.45, 2.75) is 45.5 Å². The van der Waals surface area contributed by atoms with Gasteiger partial charge >= 0.3 is 0 Å². The van der Waals surface area contributed by atoms with E-state index in [9.17, 15) is 0 Å². The zero-order chi connectivity index (χ0) is 14.9. The first-order valence-electron chi connectivity index (χ1n) is 7.00. The summed E-state index contributed by atoms with van der Waals surface area (Å²) >= 11 is 6.29. The van der Waals surface area contributed by atoms with Crippen molar-refractivity contribution in [3.05, 3.63) is 29.6 Å². The quantitative estimate of drug-likeness (QED) is 0.758. The highest BCUT2D eigenvalue weighted by molar-refractivity contribution is 6.20. The molecular formula is C16H20ClN3. The van der Waals surface area contributed by atoms with Crippen molar-refractivity contribution in [3.63, 3.8) is 0 Å². The van der Waals surface area contributed by atoms with Gasteiger partial charge in [-0.25, -0.2) is 4.98 Å². The monoisotopic (exact) mass is 289 g/mol. The molecule has 2 rings (SSSR count). The average Bonchev–Trinajstić information content (AvgIpc) is 2.76.